The predicted molar refractivity (Wildman–Crippen MR) is 128 cm³/mol. The van der Waals surface area contributed by atoms with E-state index in [1.54, 1.807) is 0 Å². The molecule has 0 bridgehead atoms. The summed E-state index contributed by atoms with van der Waals surface area (Å²) in [5.74, 6) is 1.22. The molecule has 0 aliphatic carbocycles. The summed E-state index contributed by atoms with van der Waals surface area (Å²) in [6.07, 6.45) is 4.15. The Labute approximate surface area is 184 Å². The van der Waals surface area contributed by atoms with Crippen LogP contribution in [0.25, 0.3) is 57.3 Å². The van der Waals surface area contributed by atoms with Gasteiger partial charge in [-0.1, -0.05) is 72.8 Å². The molecule has 32 heavy (non-hydrogen) atoms. The zero-order chi connectivity index (χ0) is 21.3. The van der Waals surface area contributed by atoms with E-state index in [9.17, 15) is 0 Å². The molecule has 0 saturated heterocycles. The third-order valence-corrected chi connectivity index (χ3v) is 5.41. The average molecular weight is 414 g/mol. The Morgan fingerprint density at radius 2 is 0.875 bits per heavy atom. The van der Waals surface area contributed by atoms with Crippen LogP contribution < -0.4 is 0 Å². The highest BCUT2D eigenvalue weighted by molar-refractivity contribution is 5.85. The molecule has 0 radical (unpaired) electrons. The minimum absolute atomic E-state index is 0.610. The standard InChI is InChI=1S/C28H18N2O2/c1-3-11-21(27-29-23-13-5-7-15-25(23)31-27)19(9-1)17-18-20-10-2-4-12-22(20)28-30-24-14-6-8-16-26(24)32-28/h1-18H. The van der Waals surface area contributed by atoms with Crippen LogP contribution in [0.4, 0.5) is 0 Å². The van der Waals surface area contributed by atoms with E-state index in [2.05, 4.69) is 34.3 Å². The van der Waals surface area contributed by atoms with E-state index in [1.807, 2.05) is 84.9 Å². The fourth-order valence-electron chi connectivity index (χ4n) is 3.83. The number of aromatic nitrogens is 2. The van der Waals surface area contributed by atoms with Gasteiger partial charge in [0.15, 0.2) is 11.2 Å². The molecule has 2 heterocycles. The van der Waals surface area contributed by atoms with Crippen molar-refractivity contribution in [3.8, 4) is 22.9 Å². The second kappa shape index (κ2) is 7.67. The molecule has 0 fully saturated rings. The van der Waals surface area contributed by atoms with Gasteiger partial charge in [-0.15, -0.1) is 0 Å². The van der Waals surface area contributed by atoms with Crippen molar-refractivity contribution in [1.29, 1.82) is 0 Å². The van der Waals surface area contributed by atoms with Crippen molar-refractivity contribution >= 4 is 34.4 Å². The maximum atomic E-state index is 6.00. The van der Waals surface area contributed by atoms with Gasteiger partial charge < -0.3 is 8.83 Å². The summed E-state index contributed by atoms with van der Waals surface area (Å²) in [4.78, 5) is 9.32. The molecule has 6 aromatic rings. The fraction of sp³-hybridized carbons (Fsp3) is 0. The first kappa shape index (κ1) is 18.3. The number of fused-ring (bicyclic) bond motifs is 2. The van der Waals surface area contributed by atoms with Crippen molar-refractivity contribution in [3.05, 3.63) is 108 Å². The molecule has 4 heteroatoms. The number of benzene rings is 4. The molecule has 0 saturated carbocycles. The highest BCUT2D eigenvalue weighted by Gasteiger charge is 2.12. The van der Waals surface area contributed by atoms with E-state index in [-0.39, 0.29) is 0 Å². The van der Waals surface area contributed by atoms with Crippen molar-refractivity contribution in [2.75, 3.05) is 0 Å². The lowest BCUT2D eigenvalue weighted by Gasteiger charge is -2.04. The Kier molecular flexibility index (Phi) is 4.40. The Morgan fingerprint density at radius 1 is 0.469 bits per heavy atom. The molecule has 4 aromatic carbocycles. The highest BCUT2D eigenvalue weighted by atomic mass is 16.4. The van der Waals surface area contributed by atoms with Crippen LogP contribution in [0.5, 0.6) is 0 Å². The molecule has 0 amide bonds. The molecule has 0 N–H and O–H groups in total. The fourth-order valence-corrected chi connectivity index (χ4v) is 3.83. The van der Waals surface area contributed by atoms with Crippen molar-refractivity contribution < 1.29 is 8.83 Å². The lowest BCUT2D eigenvalue weighted by Crippen LogP contribution is -1.85. The molecule has 0 spiro atoms. The molecular weight excluding hydrogens is 396 g/mol. The van der Waals surface area contributed by atoms with Crippen LogP contribution in [-0.2, 0) is 0 Å². The largest absolute Gasteiger partial charge is 0.436 e. The lowest BCUT2D eigenvalue weighted by molar-refractivity contribution is 0.619. The SMILES string of the molecule is C(=Cc1ccccc1-c1nc2ccccc2o1)c1ccccc1-c1nc2ccccc2o1. The van der Waals surface area contributed by atoms with Crippen molar-refractivity contribution in [2.45, 2.75) is 0 Å². The predicted octanol–water partition coefficient (Wildman–Crippen LogP) is 7.47. The summed E-state index contributed by atoms with van der Waals surface area (Å²) in [6.45, 7) is 0. The molecule has 0 aliphatic heterocycles. The van der Waals surface area contributed by atoms with Gasteiger partial charge in [-0.25, -0.2) is 9.97 Å². The van der Waals surface area contributed by atoms with Crippen LogP contribution in [0, 0.1) is 0 Å². The van der Waals surface area contributed by atoms with Crippen molar-refractivity contribution in [2.24, 2.45) is 0 Å². The van der Waals surface area contributed by atoms with Crippen LogP contribution in [-0.4, -0.2) is 9.97 Å². The van der Waals surface area contributed by atoms with Crippen molar-refractivity contribution in [1.82, 2.24) is 9.97 Å². The number of nitrogens with zero attached hydrogens (tertiary/aromatic N) is 2. The third kappa shape index (κ3) is 3.28. The molecule has 0 atom stereocenters. The van der Waals surface area contributed by atoms with E-state index in [4.69, 9.17) is 8.83 Å². The molecule has 0 unspecified atom stereocenters. The smallest absolute Gasteiger partial charge is 0.227 e. The van der Waals surface area contributed by atoms with E-state index < -0.39 is 0 Å². The Bertz CT molecular complexity index is 1400. The van der Waals surface area contributed by atoms with Gasteiger partial charge in [-0.05, 0) is 47.5 Å². The lowest BCUT2D eigenvalue weighted by atomic mass is 10.0. The topological polar surface area (TPSA) is 52.1 Å². The van der Waals surface area contributed by atoms with Gasteiger partial charge in [0.05, 0.1) is 0 Å². The number of oxazole rings is 2. The summed E-state index contributed by atoms with van der Waals surface area (Å²) in [6, 6.07) is 31.8. The summed E-state index contributed by atoms with van der Waals surface area (Å²) in [5, 5.41) is 0. The Balaban J connectivity index is 1.40. The first-order chi connectivity index (χ1) is 15.8. The van der Waals surface area contributed by atoms with Crippen LogP contribution >= 0.6 is 0 Å². The minimum Gasteiger partial charge on any atom is -0.436 e. The zero-order valence-electron chi connectivity index (χ0n) is 17.1. The van der Waals surface area contributed by atoms with E-state index in [1.165, 1.54) is 0 Å². The summed E-state index contributed by atoms with van der Waals surface area (Å²) >= 11 is 0. The second-order valence-corrected chi connectivity index (χ2v) is 7.48. The molecule has 0 aliphatic rings. The maximum absolute atomic E-state index is 6.00. The van der Waals surface area contributed by atoms with Crippen LogP contribution in [0.15, 0.2) is 106 Å². The summed E-state index contributed by atoms with van der Waals surface area (Å²) in [5.41, 5.74) is 7.19. The van der Waals surface area contributed by atoms with Crippen LogP contribution in [0.3, 0.4) is 0 Å². The van der Waals surface area contributed by atoms with Crippen molar-refractivity contribution in [3.63, 3.8) is 0 Å². The third-order valence-electron chi connectivity index (χ3n) is 5.41. The summed E-state index contributed by atoms with van der Waals surface area (Å²) < 4.78 is 12.0. The molecular formula is C28H18N2O2. The monoisotopic (exact) mass is 414 g/mol. The van der Waals surface area contributed by atoms with Crippen LogP contribution in [0.1, 0.15) is 11.1 Å². The summed E-state index contributed by atoms with van der Waals surface area (Å²) in [7, 11) is 0. The Morgan fingerprint density at radius 3 is 1.34 bits per heavy atom. The Hall–Kier alpha value is -4.44. The number of hydrogen-bond donors (Lipinski definition) is 0. The molecule has 4 nitrogen and oxygen atoms in total. The minimum atomic E-state index is 0.610. The molecule has 152 valence electrons. The van der Waals surface area contributed by atoms with Gasteiger partial charge in [0.25, 0.3) is 0 Å². The van der Waals surface area contributed by atoms with E-state index in [0.29, 0.717) is 11.8 Å². The molecule has 6 rings (SSSR count). The number of hydrogen-bond acceptors (Lipinski definition) is 4. The highest BCUT2D eigenvalue weighted by Crippen LogP contribution is 2.30. The molecule has 2 aromatic heterocycles. The maximum Gasteiger partial charge on any atom is 0.227 e. The zero-order valence-corrected chi connectivity index (χ0v) is 17.1. The van der Waals surface area contributed by atoms with Gasteiger partial charge >= 0.3 is 0 Å². The van der Waals surface area contributed by atoms with E-state index in [0.717, 1.165) is 44.5 Å². The van der Waals surface area contributed by atoms with Gasteiger partial charge in [0.1, 0.15) is 11.0 Å². The van der Waals surface area contributed by atoms with Gasteiger partial charge in [-0.3, -0.25) is 0 Å². The normalized spacial score (nSPS) is 11.6. The van der Waals surface area contributed by atoms with Gasteiger partial charge in [0.2, 0.25) is 11.8 Å². The van der Waals surface area contributed by atoms with Gasteiger partial charge in [0, 0.05) is 11.1 Å². The number of rotatable bonds is 4. The first-order valence-electron chi connectivity index (χ1n) is 10.4. The second-order valence-electron chi connectivity index (χ2n) is 7.48. The van der Waals surface area contributed by atoms with Gasteiger partial charge in [-0.2, -0.15) is 0 Å². The quantitative estimate of drug-likeness (QED) is 0.281. The van der Waals surface area contributed by atoms with E-state index >= 15 is 0 Å². The average Bonchev–Trinajstić information content (AvgIpc) is 3.47. The number of para-hydroxylation sites is 4. The first-order valence-corrected chi connectivity index (χ1v) is 10.4. The van der Waals surface area contributed by atoms with Crippen LogP contribution in [0.2, 0.25) is 0 Å².